The van der Waals surface area contributed by atoms with Crippen molar-refractivity contribution in [2.75, 3.05) is 5.32 Å². The van der Waals surface area contributed by atoms with E-state index in [1.807, 2.05) is 91.0 Å². The Balaban J connectivity index is 1.29. The lowest BCUT2D eigenvalue weighted by Crippen LogP contribution is -2.24. The molecule has 5 aromatic carbocycles. The minimum atomic E-state index is -0.187. The van der Waals surface area contributed by atoms with E-state index in [9.17, 15) is 4.79 Å². The van der Waals surface area contributed by atoms with Gasteiger partial charge in [0.25, 0.3) is 5.56 Å². The Kier molecular flexibility index (Phi) is 7.94. The Morgan fingerprint density at radius 2 is 1.42 bits per heavy atom. The Bertz CT molecular complexity index is 2210. The third kappa shape index (κ3) is 5.88. The van der Waals surface area contributed by atoms with Crippen LogP contribution < -0.4 is 10.9 Å². The van der Waals surface area contributed by atoms with Crippen LogP contribution in [0, 0.1) is 0 Å². The number of fused-ring (bicyclic) bond motifs is 1. The van der Waals surface area contributed by atoms with Gasteiger partial charge in [-0.15, -0.1) is 10.2 Å². The zero-order chi connectivity index (χ0) is 30.9. The molecular weight excluding hydrogens is 673 g/mol. The normalized spacial score (nSPS) is 11.2. The first-order valence-electron chi connectivity index (χ1n) is 13.9. The largest absolute Gasteiger partial charge is 0.416 e. The summed E-state index contributed by atoms with van der Waals surface area (Å²) in [5.41, 5.74) is 4.93. The van der Waals surface area contributed by atoms with E-state index in [4.69, 9.17) is 32.6 Å². The molecule has 0 radical (unpaired) electrons. The molecule has 1 N–H and O–H groups in total. The van der Waals surface area contributed by atoms with Crippen LogP contribution in [0.1, 0.15) is 11.4 Å². The number of hydrogen-bond donors (Lipinski definition) is 1. The first-order valence-corrected chi connectivity index (χ1v) is 15.5. The Morgan fingerprint density at radius 1 is 0.756 bits per heavy atom. The monoisotopic (exact) mass is 693 g/mol. The first kappa shape index (κ1) is 29.0. The van der Waals surface area contributed by atoms with Gasteiger partial charge < -0.3 is 9.73 Å². The van der Waals surface area contributed by atoms with Gasteiger partial charge in [0, 0.05) is 27.7 Å². The predicted molar refractivity (Wildman–Crippen MR) is 183 cm³/mol. The number of rotatable bonds is 7. The summed E-state index contributed by atoms with van der Waals surface area (Å²) in [4.78, 5) is 19.1. The molecule has 2 aromatic heterocycles. The van der Waals surface area contributed by atoms with Gasteiger partial charge in [-0.3, -0.25) is 9.36 Å². The molecule has 0 aliphatic carbocycles. The summed E-state index contributed by atoms with van der Waals surface area (Å²) in [5, 5.41) is 13.3. The van der Waals surface area contributed by atoms with Crippen LogP contribution in [0.2, 0.25) is 10.0 Å². The van der Waals surface area contributed by atoms with Gasteiger partial charge in [-0.05, 0) is 78.4 Å². The summed E-state index contributed by atoms with van der Waals surface area (Å²) in [5.74, 6) is 1.38. The molecule has 10 heteroatoms. The predicted octanol–water partition coefficient (Wildman–Crippen LogP) is 9.51. The van der Waals surface area contributed by atoms with Crippen LogP contribution in [-0.2, 0) is 6.42 Å². The number of para-hydroxylation sites is 2. The topological polar surface area (TPSA) is 85.8 Å². The minimum absolute atomic E-state index is 0.187. The molecular formula is C35H22BrCl2N5O2. The van der Waals surface area contributed by atoms with Crippen molar-refractivity contribution in [2.45, 2.75) is 6.42 Å². The standard InChI is InChI=1S/C35H22BrCl2N5O2/c36-24-15-18-30-26(20-24)35(44)43(25-16-13-22(14-17-25)34-42-41-33(45-34)21-7-2-1-3-8-21)31(39-30)19-23-9-4-5-12-29(23)40-32-27(37)10-6-11-28(32)38/h1-18,20,40H,19H2. The number of benzene rings is 5. The van der Waals surface area contributed by atoms with Crippen LogP contribution in [0.4, 0.5) is 11.4 Å². The highest BCUT2D eigenvalue weighted by Gasteiger charge is 2.17. The van der Waals surface area contributed by atoms with Crippen molar-refractivity contribution < 1.29 is 4.42 Å². The maximum absolute atomic E-state index is 14.1. The summed E-state index contributed by atoms with van der Waals surface area (Å²) in [7, 11) is 0. The third-order valence-corrected chi connectivity index (χ3v) is 8.43. The van der Waals surface area contributed by atoms with Crippen molar-refractivity contribution in [3.8, 4) is 28.6 Å². The van der Waals surface area contributed by atoms with Crippen LogP contribution >= 0.6 is 39.1 Å². The number of nitrogens with one attached hydrogen (secondary N) is 1. The molecule has 0 aliphatic heterocycles. The molecule has 0 saturated carbocycles. The highest BCUT2D eigenvalue weighted by molar-refractivity contribution is 9.10. The van der Waals surface area contributed by atoms with E-state index >= 15 is 0 Å². The fourth-order valence-electron chi connectivity index (χ4n) is 5.10. The molecule has 0 fully saturated rings. The lowest BCUT2D eigenvalue weighted by Gasteiger charge is -2.17. The van der Waals surface area contributed by atoms with E-state index < -0.39 is 0 Å². The lowest BCUT2D eigenvalue weighted by atomic mass is 10.1. The summed E-state index contributed by atoms with van der Waals surface area (Å²) in [6.45, 7) is 0. The molecule has 0 atom stereocenters. The van der Waals surface area contributed by atoms with E-state index in [2.05, 4.69) is 31.4 Å². The van der Waals surface area contributed by atoms with E-state index in [-0.39, 0.29) is 5.56 Å². The van der Waals surface area contributed by atoms with Crippen molar-refractivity contribution in [3.63, 3.8) is 0 Å². The quantitative estimate of drug-likeness (QED) is 0.179. The smallest absolute Gasteiger partial charge is 0.266 e. The molecule has 0 aliphatic rings. The number of anilines is 2. The average molecular weight is 695 g/mol. The van der Waals surface area contributed by atoms with E-state index in [0.29, 0.717) is 56.3 Å². The minimum Gasteiger partial charge on any atom is -0.416 e. The lowest BCUT2D eigenvalue weighted by molar-refractivity contribution is 0.584. The molecule has 7 nitrogen and oxygen atoms in total. The van der Waals surface area contributed by atoms with E-state index in [1.54, 1.807) is 28.8 Å². The highest BCUT2D eigenvalue weighted by atomic mass is 79.9. The Morgan fingerprint density at radius 3 is 2.16 bits per heavy atom. The second-order valence-electron chi connectivity index (χ2n) is 10.2. The molecule has 0 amide bonds. The molecule has 0 unspecified atom stereocenters. The van der Waals surface area contributed by atoms with Gasteiger partial charge >= 0.3 is 0 Å². The zero-order valence-electron chi connectivity index (χ0n) is 23.4. The highest BCUT2D eigenvalue weighted by Crippen LogP contribution is 2.34. The number of nitrogens with zero attached hydrogens (tertiary/aromatic N) is 4. The van der Waals surface area contributed by atoms with Crippen molar-refractivity contribution in [2.24, 2.45) is 0 Å². The van der Waals surface area contributed by atoms with Crippen LogP contribution in [-0.4, -0.2) is 19.7 Å². The van der Waals surface area contributed by atoms with Crippen LogP contribution in [0.5, 0.6) is 0 Å². The fraction of sp³-hybridized carbons (Fsp3) is 0.0286. The molecule has 7 aromatic rings. The van der Waals surface area contributed by atoms with Crippen molar-refractivity contribution in [1.82, 2.24) is 19.7 Å². The van der Waals surface area contributed by atoms with Gasteiger partial charge in [-0.25, -0.2) is 4.98 Å². The number of halogens is 3. The van der Waals surface area contributed by atoms with Gasteiger partial charge in [0.2, 0.25) is 11.8 Å². The van der Waals surface area contributed by atoms with Crippen molar-refractivity contribution in [1.29, 1.82) is 0 Å². The molecule has 45 heavy (non-hydrogen) atoms. The zero-order valence-corrected chi connectivity index (χ0v) is 26.5. The van der Waals surface area contributed by atoms with E-state index in [1.165, 1.54) is 0 Å². The Labute approximate surface area is 276 Å². The molecule has 0 spiro atoms. The van der Waals surface area contributed by atoms with E-state index in [0.717, 1.165) is 26.9 Å². The summed E-state index contributed by atoms with van der Waals surface area (Å²) >= 11 is 16.4. The second-order valence-corrected chi connectivity index (χ2v) is 11.9. The van der Waals surface area contributed by atoms with Gasteiger partial charge in [-0.1, -0.05) is 81.6 Å². The second kappa shape index (κ2) is 12.3. The summed E-state index contributed by atoms with van der Waals surface area (Å²) < 4.78 is 8.38. The number of aromatic nitrogens is 4. The summed E-state index contributed by atoms with van der Waals surface area (Å²) in [6.07, 6.45) is 0.346. The molecule has 0 bridgehead atoms. The van der Waals surface area contributed by atoms with Crippen LogP contribution in [0.15, 0.2) is 129 Å². The fourth-order valence-corrected chi connectivity index (χ4v) is 5.95. The molecule has 220 valence electrons. The van der Waals surface area contributed by atoms with Gasteiger partial charge in [-0.2, -0.15) is 0 Å². The third-order valence-electron chi connectivity index (χ3n) is 7.31. The SMILES string of the molecule is O=c1c2cc(Br)ccc2nc(Cc2ccccc2Nc2c(Cl)cccc2Cl)n1-c1ccc(-c2nnc(-c3ccccc3)o2)cc1. The molecule has 2 heterocycles. The summed E-state index contributed by atoms with van der Waals surface area (Å²) in [6, 6.07) is 35.7. The van der Waals surface area contributed by atoms with Gasteiger partial charge in [0.05, 0.1) is 32.3 Å². The molecule has 0 saturated heterocycles. The van der Waals surface area contributed by atoms with Crippen LogP contribution in [0.25, 0.3) is 39.5 Å². The number of hydrogen-bond acceptors (Lipinski definition) is 6. The maximum Gasteiger partial charge on any atom is 0.266 e. The maximum atomic E-state index is 14.1. The average Bonchev–Trinajstić information content (AvgIpc) is 3.55. The first-order chi connectivity index (χ1) is 21.9. The van der Waals surface area contributed by atoms with Crippen molar-refractivity contribution in [3.05, 3.63) is 152 Å². The van der Waals surface area contributed by atoms with Gasteiger partial charge in [0.15, 0.2) is 0 Å². The Hall–Kier alpha value is -4.76. The van der Waals surface area contributed by atoms with Crippen LogP contribution in [0.3, 0.4) is 0 Å². The van der Waals surface area contributed by atoms with Crippen molar-refractivity contribution >= 4 is 61.4 Å². The molecule has 7 rings (SSSR count). The van der Waals surface area contributed by atoms with Gasteiger partial charge in [0.1, 0.15) is 5.82 Å².